The molecule has 0 unspecified atom stereocenters. The topological polar surface area (TPSA) is 50.4 Å². The molecule has 0 spiro atoms. The van der Waals surface area contributed by atoms with Crippen LogP contribution < -0.4 is 10.8 Å². The third kappa shape index (κ3) is 4.75. The highest BCUT2D eigenvalue weighted by Crippen LogP contribution is 2.09. The van der Waals surface area contributed by atoms with Gasteiger partial charge in [0.25, 0.3) is 0 Å². The number of rotatable bonds is 2. The second-order valence-corrected chi connectivity index (χ2v) is 4.28. The van der Waals surface area contributed by atoms with Gasteiger partial charge in [-0.2, -0.15) is 0 Å². The summed E-state index contributed by atoms with van der Waals surface area (Å²) in [5, 5.41) is 2.44. The van der Waals surface area contributed by atoms with Crippen LogP contribution >= 0.6 is 0 Å². The first-order chi connectivity index (χ1) is 7.37. The van der Waals surface area contributed by atoms with Crippen LogP contribution in [0.1, 0.15) is 20.8 Å². The van der Waals surface area contributed by atoms with Gasteiger partial charge in [0.05, 0.1) is 5.60 Å². The van der Waals surface area contributed by atoms with Crippen LogP contribution in [0.5, 0.6) is 0 Å². The maximum atomic E-state index is 12.8. The molecule has 1 aromatic carbocycles. The number of hydrogen-bond donors (Lipinski definition) is 2. The Hall–Kier alpha value is -1.62. The Morgan fingerprint density at radius 3 is 2.62 bits per heavy atom. The van der Waals surface area contributed by atoms with Gasteiger partial charge in [0, 0.05) is 5.69 Å². The normalized spacial score (nSPS) is 11.0. The summed E-state index contributed by atoms with van der Waals surface area (Å²) in [6, 6.07) is 5.07. The van der Waals surface area contributed by atoms with Crippen molar-refractivity contribution in [2.75, 3.05) is 5.32 Å². The van der Waals surface area contributed by atoms with Crippen LogP contribution in [-0.4, -0.2) is 11.6 Å². The van der Waals surface area contributed by atoms with Crippen molar-refractivity contribution >= 4 is 11.7 Å². The predicted octanol–water partition coefficient (Wildman–Crippen LogP) is 2.68. The molecule has 0 aliphatic heterocycles. The minimum atomic E-state index is -0.541. The van der Waals surface area contributed by atoms with Crippen molar-refractivity contribution in [2.24, 2.45) is 0 Å². The Kier molecular flexibility index (Phi) is 3.84. The monoisotopic (exact) mass is 226 g/mol. The van der Waals surface area contributed by atoms with Crippen molar-refractivity contribution in [2.45, 2.75) is 26.4 Å². The van der Waals surface area contributed by atoms with Crippen LogP contribution in [0.3, 0.4) is 0 Å². The van der Waals surface area contributed by atoms with Crippen molar-refractivity contribution in [1.82, 2.24) is 5.48 Å². The van der Waals surface area contributed by atoms with Gasteiger partial charge in [-0.1, -0.05) is 6.07 Å². The number of benzene rings is 1. The number of nitrogens with one attached hydrogen (secondary N) is 2. The standard InChI is InChI=1S/C11H15FN2O2/c1-11(2,3)16-14-10(15)13-9-6-4-5-8(12)7-9/h4-7H,1-3H3,(H2,13,14,15). The van der Waals surface area contributed by atoms with Gasteiger partial charge in [-0.3, -0.25) is 4.84 Å². The summed E-state index contributed by atoms with van der Waals surface area (Å²) in [7, 11) is 0. The fourth-order valence-electron chi connectivity index (χ4n) is 0.922. The van der Waals surface area contributed by atoms with Gasteiger partial charge in [-0.25, -0.2) is 14.7 Å². The van der Waals surface area contributed by atoms with E-state index in [9.17, 15) is 9.18 Å². The average molecular weight is 226 g/mol. The van der Waals surface area contributed by atoms with E-state index in [1.807, 2.05) is 0 Å². The first-order valence-electron chi connectivity index (χ1n) is 4.87. The van der Waals surface area contributed by atoms with Crippen LogP contribution in [-0.2, 0) is 4.84 Å². The lowest BCUT2D eigenvalue weighted by Crippen LogP contribution is -2.36. The van der Waals surface area contributed by atoms with E-state index in [-0.39, 0.29) is 0 Å². The molecule has 0 saturated carbocycles. The molecule has 1 rings (SSSR count). The van der Waals surface area contributed by atoms with Crippen LogP contribution in [0.4, 0.5) is 14.9 Å². The first-order valence-corrected chi connectivity index (χ1v) is 4.87. The van der Waals surface area contributed by atoms with E-state index in [1.54, 1.807) is 26.8 Å². The second kappa shape index (κ2) is 4.94. The summed E-state index contributed by atoms with van der Waals surface area (Å²) in [5.41, 5.74) is 2.12. The molecule has 16 heavy (non-hydrogen) atoms. The number of amides is 2. The third-order valence-electron chi connectivity index (χ3n) is 1.53. The Morgan fingerprint density at radius 2 is 2.06 bits per heavy atom. The zero-order valence-corrected chi connectivity index (χ0v) is 9.50. The maximum Gasteiger partial charge on any atom is 0.343 e. The van der Waals surface area contributed by atoms with Gasteiger partial charge in [-0.05, 0) is 39.0 Å². The molecule has 4 nitrogen and oxygen atoms in total. The minimum Gasteiger partial charge on any atom is -0.306 e. The molecule has 0 fully saturated rings. The zero-order chi connectivity index (χ0) is 12.2. The third-order valence-corrected chi connectivity index (χ3v) is 1.53. The van der Waals surface area contributed by atoms with E-state index in [2.05, 4.69) is 10.8 Å². The van der Waals surface area contributed by atoms with E-state index in [0.717, 1.165) is 0 Å². The van der Waals surface area contributed by atoms with E-state index in [1.165, 1.54) is 18.2 Å². The predicted molar refractivity (Wildman–Crippen MR) is 59.4 cm³/mol. The highest BCUT2D eigenvalue weighted by atomic mass is 19.1. The van der Waals surface area contributed by atoms with Gasteiger partial charge in [0.15, 0.2) is 0 Å². The SMILES string of the molecule is CC(C)(C)ONC(=O)Nc1cccc(F)c1. The molecule has 1 aromatic rings. The molecule has 0 atom stereocenters. The molecule has 0 aliphatic rings. The highest BCUT2D eigenvalue weighted by molar-refractivity contribution is 5.88. The number of hydrogen-bond acceptors (Lipinski definition) is 2. The van der Waals surface area contributed by atoms with E-state index in [0.29, 0.717) is 5.69 Å². The summed E-state index contributed by atoms with van der Waals surface area (Å²) >= 11 is 0. The van der Waals surface area contributed by atoms with Crippen molar-refractivity contribution in [3.05, 3.63) is 30.1 Å². The van der Waals surface area contributed by atoms with E-state index in [4.69, 9.17) is 4.84 Å². The van der Waals surface area contributed by atoms with Crippen LogP contribution in [0.2, 0.25) is 0 Å². The quantitative estimate of drug-likeness (QED) is 0.762. The fourth-order valence-corrected chi connectivity index (χ4v) is 0.922. The van der Waals surface area contributed by atoms with Gasteiger partial charge < -0.3 is 5.32 Å². The minimum absolute atomic E-state index is 0.370. The molecule has 0 saturated heterocycles. The molecule has 0 aliphatic carbocycles. The molecule has 88 valence electrons. The van der Waals surface area contributed by atoms with Gasteiger partial charge in [0.2, 0.25) is 0 Å². The molecule has 2 N–H and O–H groups in total. The van der Waals surface area contributed by atoms with Gasteiger partial charge in [0.1, 0.15) is 5.82 Å². The van der Waals surface area contributed by atoms with E-state index >= 15 is 0 Å². The lowest BCUT2D eigenvalue weighted by molar-refractivity contribution is -0.0505. The fraction of sp³-hybridized carbons (Fsp3) is 0.364. The highest BCUT2D eigenvalue weighted by Gasteiger charge is 2.12. The second-order valence-electron chi connectivity index (χ2n) is 4.28. The lowest BCUT2D eigenvalue weighted by atomic mass is 10.2. The molecular formula is C11H15FN2O2. The van der Waals surface area contributed by atoms with Crippen molar-refractivity contribution in [3.63, 3.8) is 0 Å². The van der Waals surface area contributed by atoms with Gasteiger partial charge in [-0.15, -0.1) is 0 Å². The van der Waals surface area contributed by atoms with E-state index < -0.39 is 17.4 Å². The Balaban J connectivity index is 2.46. The van der Waals surface area contributed by atoms with Crippen LogP contribution in [0, 0.1) is 5.82 Å². The van der Waals surface area contributed by atoms with Crippen LogP contribution in [0.25, 0.3) is 0 Å². The Bertz CT molecular complexity index is 374. The summed E-state index contributed by atoms with van der Waals surface area (Å²) in [5.74, 6) is -0.408. The van der Waals surface area contributed by atoms with Crippen molar-refractivity contribution < 1.29 is 14.0 Å². The number of halogens is 1. The number of hydroxylamine groups is 1. The number of anilines is 1. The number of carbonyl (C=O) groups is 1. The first kappa shape index (κ1) is 12.4. The molecule has 0 radical (unpaired) electrons. The zero-order valence-electron chi connectivity index (χ0n) is 9.50. The summed E-state index contributed by atoms with van der Waals surface area (Å²) < 4.78 is 12.8. The lowest BCUT2D eigenvalue weighted by Gasteiger charge is -2.19. The summed E-state index contributed by atoms with van der Waals surface area (Å²) in [6.45, 7) is 5.40. The number of urea groups is 1. The molecule has 0 heterocycles. The molecular weight excluding hydrogens is 211 g/mol. The number of carbonyl (C=O) groups excluding carboxylic acids is 1. The average Bonchev–Trinajstić information content (AvgIpc) is 2.14. The summed E-state index contributed by atoms with van der Waals surface area (Å²) in [4.78, 5) is 16.3. The molecule has 2 amide bonds. The van der Waals surface area contributed by atoms with Crippen LogP contribution in [0.15, 0.2) is 24.3 Å². The maximum absolute atomic E-state index is 12.8. The molecule has 5 heteroatoms. The Labute approximate surface area is 93.8 Å². The molecule has 0 aromatic heterocycles. The summed E-state index contributed by atoms with van der Waals surface area (Å²) in [6.07, 6.45) is 0. The van der Waals surface area contributed by atoms with Crippen molar-refractivity contribution in [1.29, 1.82) is 0 Å². The Morgan fingerprint density at radius 1 is 1.38 bits per heavy atom. The van der Waals surface area contributed by atoms with Crippen molar-refractivity contribution in [3.8, 4) is 0 Å². The molecule has 0 bridgehead atoms. The largest absolute Gasteiger partial charge is 0.343 e. The smallest absolute Gasteiger partial charge is 0.306 e. The van der Waals surface area contributed by atoms with Gasteiger partial charge >= 0.3 is 6.03 Å².